The van der Waals surface area contributed by atoms with Crippen molar-refractivity contribution in [2.45, 2.75) is 6.04 Å². The molecule has 0 saturated carbocycles. The van der Waals surface area contributed by atoms with Crippen LogP contribution in [0, 0.1) is 0 Å². The molecule has 5 nitrogen and oxygen atoms in total. The molecule has 0 aliphatic carbocycles. The van der Waals surface area contributed by atoms with Gasteiger partial charge in [-0.25, -0.2) is 0 Å². The first-order valence-electron chi connectivity index (χ1n) is 7.69. The van der Waals surface area contributed by atoms with E-state index in [-0.39, 0.29) is 5.91 Å². The largest absolute Gasteiger partial charge is 0.370 e. The molecule has 25 heavy (non-hydrogen) atoms. The number of nitrogens with one attached hydrogen (secondary N) is 2. The second kappa shape index (κ2) is 7.63. The van der Waals surface area contributed by atoms with Crippen LogP contribution in [0.2, 0.25) is 0 Å². The van der Waals surface area contributed by atoms with E-state index in [0.29, 0.717) is 10.6 Å². The average molecular weight is 351 g/mol. The van der Waals surface area contributed by atoms with Gasteiger partial charge in [0, 0.05) is 11.4 Å². The Morgan fingerprint density at radius 2 is 1.56 bits per heavy atom. The summed E-state index contributed by atoms with van der Waals surface area (Å²) in [7, 11) is 0. The van der Waals surface area contributed by atoms with Gasteiger partial charge in [0.1, 0.15) is 6.04 Å². The minimum Gasteiger partial charge on any atom is -0.370 e. The maximum atomic E-state index is 12.0. The fourth-order valence-corrected chi connectivity index (χ4v) is 3.00. The van der Waals surface area contributed by atoms with E-state index in [0.717, 1.165) is 11.3 Å². The number of nitrogens with two attached hydrogens (primary N) is 1. The Morgan fingerprint density at radius 3 is 2.16 bits per heavy atom. The van der Waals surface area contributed by atoms with E-state index in [9.17, 15) is 9.59 Å². The number of rotatable bonds is 6. The number of primary amides is 1. The van der Waals surface area contributed by atoms with E-state index in [1.807, 2.05) is 41.8 Å². The van der Waals surface area contributed by atoms with Crippen LogP contribution in [-0.2, 0) is 4.79 Å². The van der Waals surface area contributed by atoms with Gasteiger partial charge in [0.15, 0.2) is 0 Å². The third-order valence-electron chi connectivity index (χ3n) is 3.62. The highest BCUT2D eigenvalue weighted by atomic mass is 32.1. The van der Waals surface area contributed by atoms with Crippen LogP contribution in [0.15, 0.2) is 72.1 Å². The smallest absolute Gasteiger partial charge is 0.265 e. The second-order valence-corrected chi connectivity index (χ2v) is 6.35. The molecule has 4 N–H and O–H groups in total. The van der Waals surface area contributed by atoms with Crippen molar-refractivity contribution in [2.24, 2.45) is 5.73 Å². The minimum atomic E-state index is -0.618. The highest BCUT2D eigenvalue weighted by molar-refractivity contribution is 7.12. The molecule has 0 aliphatic rings. The number of hydrogen-bond donors (Lipinski definition) is 3. The quantitative estimate of drug-likeness (QED) is 0.634. The summed E-state index contributed by atoms with van der Waals surface area (Å²) in [6, 6.07) is 19.4. The number of carbonyl (C=O) groups excluding carboxylic acids is 2. The van der Waals surface area contributed by atoms with Crippen molar-refractivity contribution in [1.29, 1.82) is 0 Å². The number of hydrogen-bond acceptors (Lipinski definition) is 4. The summed E-state index contributed by atoms with van der Waals surface area (Å²) >= 11 is 1.39. The Bertz CT molecular complexity index is 846. The molecule has 1 aromatic heterocycles. The van der Waals surface area contributed by atoms with Gasteiger partial charge < -0.3 is 16.4 Å². The number of anilines is 2. The van der Waals surface area contributed by atoms with E-state index in [1.165, 1.54) is 11.3 Å². The van der Waals surface area contributed by atoms with Crippen LogP contribution < -0.4 is 16.4 Å². The van der Waals surface area contributed by atoms with Crippen molar-refractivity contribution >= 4 is 34.5 Å². The fourth-order valence-electron chi connectivity index (χ4n) is 2.38. The summed E-state index contributed by atoms with van der Waals surface area (Å²) < 4.78 is 0. The van der Waals surface area contributed by atoms with Crippen molar-refractivity contribution in [3.8, 4) is 0 Å². The van der Waals surface area contributed by atoms with Gasteiger partial charge in [0.05, 0.1) is 4.88 Å². The zero-order valence-electron chi connectivity index (χ0n) is 13.3. The Labute approximate surface area is 149 Å². The predicted molar refractivity (Wildman–Crippen MR) is 101 cm³/mol. The topological polar surface area (TPSA) is 84.2 Å². The maximum Gasteiger partial charge on any atom is 0.265 e. The lowest BCUT2D eigenvalue weighted by Crippen LogP contribution is -2.27. The molecule has 1 unspecified atom stereocenters. The molecule has 126 valence electrons. The first-order chi connectivity index (χ1) is 12.1. The molecule has 0 bridgehead atoms. The normalized spacial score (nSPS) is 11.5. The standard InChI is InChI=1S/C19H17N3O2S/c20-18(23)17(13-5-2-1-3-6-13)21-14-8-10-15(11-9-14)22-19(24)16-7-4-12-25-16/h1-12,17,21H,(H2,20,23)(H,22,24). The summed E-state index contributed by atoms with van der Waals surface area (Å²) in [6.07, 6.45) is 0. The molecule has 2 amide bonds. The molecule has 1 atom stereocenters. The van der Waals surface area contributed by atoms with Crippen LogP contribution in [0.25, 0.3) is 0 Å². The molecule has 6 heteroatoms. The van der Waals surface area contributed by atoms with Crippen LogP contribution >= 0.6 is 11.3 Å². The van der Waals surface area contributed by atoms with Gasteiger partial charge in [-0.1, -0.05) is 36.4 Å². The molecular formula is C19H17N3O2S. The van der Waals surface area contributed by atoms with Crippen molar-refractivity contribution in [3.05, 3.63) is 82.6 Å². The second-order valence-electron chi connectivity index (χ2n) is 5.40. The van der Waals surface area contributed by atoms with Crippen LogP contribution in [-0.4, -0.2) is 11.8 Å². The van der Waals surface area contributed by atoms with Gasteiger partial charge in [0.2, 0.25) is 5.91 Å². The van der Waals surface area contributed by atoms with Crippen molar-refractivity contribution in [3.63, 3.8) is 0 Å². The van der Waals surface area contributed by atoms with E-state index in [4.69, 9.17) is 5.73 Å². The fraction of sp³-hybridized carbons (Fsp3) is 0.0526. The Kier molecular flexibility index (Phi) is 5.11. The lowest BCUT2D eigenvalue weighted by Gasteiger charge is -2.17. The van der Waals surface area contributed by atoms with Crippen molar-refractivity contribution < 1.29 is 9.59 Å². The number of thiophene rings is 1. The summed E-state index contributed by atoms with van der Waals surface area (Å²) in [5.41, 5.74) is 7.72. The first-order valence-corrected chi connectivity index (χ1v) is 8.57. The molecule has 0 radical (unpaired) electrons. The lowest BCUT2D eigenvalue weighted by molar-refractivity contribution is -0.118. The molecule has 0 spiro atoms. The summed E-state index contributed by atoms with van der Waals surface area (Å²) in [6.45, 7) is 0. The minimum absolute atomic E-state index is 0.144. The van der Waals surface area contributed by atoms with E-state index >= 15 is 0 Å². The molecule has 1 heterocycles. The van der Waals surface area contributed by atoms with E-state index in [2.05, 4.69) is 10.6 Å². The third-order valence-corrected chi connectivity index (χ3v) is 4.48. The van der Waals surface area contributed by atoms with Crippen molar-refractivity contribution in [1.82, 2.24) is 0 Å². The summed E-state index contributed by atoms with van der Waals surface area (Å²) in [5, 5.41) is 7.81. The SMILES string of the molecule is NC(=O)C(Nc1ccc(NC(=O)c2cccs2)cc1)c1ccccc1. The molecule has 3 rings (SSSR count). The lowest BCUT2D eigenvalue weighted by atomic mass is 10.1. The molecular weight excluding hydrogens is 334 g/mol. The van der Waals surface area contributed by atoms with E-state index in [1.54, 1.807) is 30.3 Å². The van der Waals surface area contributed by atoms with Gasteiger partial charge >= 0.3 is 0 Å². The van der Waals surface area contributed by atoms with Gasteiger partial charge in [-0.2, -0.15) is 0 Å². The Morgan fingerprint density at radius 1 is 0.880 bits per heavy atom. The Balaban J connectivity index is 1.69. The van der Waals surface area contributed by atoms with Crippen molar-refractivity contribution in [2.75, 3.05) is 10.6 Å². The predicted octanol–water partition coefficient (Wildman–Crippen LogP) is 3.64. The number of carbonyl (C=O) groups is 2. The monoisotopic (exact) mass is 351 g/mol. The van der Waals surface area contributed by atoms with Crippen LogP contribution in [0.4, 0.5) is 11.4 Å². The average Bonchev–Trinajstić information content (AvgIpc) is 3.16. The third kappa shape index (κ3) is 4.24. The molecule has 0 aliphatic heterocycles. The highest BCUT2D eigenvalue weighted by Gasteiger charge is 2.17. The maximum absolute atomic E-state index is 12.0. The molecule has 0 saturated heterocycles. The Hall–Kier alpha value is -3.12. The number of benzene rings is 2. The van der Waals surface area contributed by atoms with Crippen LogP contribution in [0.5, 0.6) is 0 Å². The number of amides is 2. The molecule has 3 aromatic rings. The molecule has 0 fully saturated rings. The van der Waals surface area contributed by atoms with E-state index < -0.39 is 11.9 Å². The zero-order chi connectivity index (χ0) is 17.6. The van der Waals surface area contributed by atoms with Crippen LogP contribution in [0.3, 0.4) is 0 Å². The van der Waals surface area contributed by atoms with Gasteiger partial charge in [-0.15, -0.1) is 11.3 Å². The van der Waals surface area contributed by atoms with Gasteiger partial charge in [0.25, 0.3) is 5.91 Å². The molecule has 2 aromatic carbocycles. The summed E-state index contributed by atoms with van der Waals surface area (Å²) in [4.78, 5) is 24.4. The van der Waals surface area contributed by atoms with Crippen LogP contribution in [0.1, 0.15) is 21.3 Å². The zero-order valence-corrected chi connectivity index (χ0v) is 14.1. The van der Waals surface area contributed by atoms with Gasteiger partial charge in [-0.05, 0) is 41.3 Å². The first kappa shape index (κ1) is 16.7. The highest BCUT2D eigenvalue weighted by Crippen LogP contribution is 2.21. The van der Waals surface area contributed by atoms with Gasteiger partial charge in [-0.3, -0.25) is 9.59 Å². The summed E-state index contributed by atoms with van der Waals surface area (Å²) in [5.74, 6) is -0.601.